The number of aryl methyl sites for hydroxylation is 2. The highest BCUT2D eigenvalue weighted by Crippen LogP contribution is 2.25. The molecule has 0 aromatic carbocycles. The summed E-state index contributed by atoms with van der Waals surface area (Å²) in [6, 6.07) is 5.45. The van der Waals surface area contributed by atoms with Crippen molar-refractivity contribution in [3.05, 3.63) is 47.5 Å². The van der Waals surface area contributed by atoms with Gasteiger partial charge in [-0.15, -0.1) is 0 Å². The first-order valence-corrected chi connectivity index (χ1v) is 7.53. The number of amides is 1. The second-order valence-corrected chi connectivity index (χ2v) is 5.85. The Hall–Kier alpha value is -2.76. The standard InChI is InChI=1S/C17H19N5O/c1-10(2)14-8-13(15-11(3)21-22(4)16(15)20-14)17(23)19-12-6-5-7-18-9-12/h5-10H,1-4H3,(H,19,23). The van der Waals surface area contributed by atoms with Crippen molar-refractivity contribution in [2.45, 2.75) is 26.7 Å². The van der Waals surface area contributed by atoms with E-state index in [0.717, 1.165) is 22.4 Å². The molecule has 3 heterocycles. The Morgan fingerprint density at radius 3 is 2.78 bits per heavy atom. The van der Waals surface area contributed by atoms with Gasteiger partial charge in [0.15, 0.2) is 5.65 Å². The number of carbonyl (C=O) groups excluding carboxylic acids is 1. The van der Waals surface area contributed by atoms with Crippen LogP contribution in [0.15, 0.2) is 30.6 Å². The van der Waals surface area contributed by atoms with Crippen molar-refractivity contribution in [3.63, 3.8) is 0 Å². The van der Waals surface area contributed by atoms with Gasteiger partial charge < -0.3 is 5.32 Å². The number of nitrogens with zero attached hydrogens (tertiary/aromatic N) is 4. The van der Waals surface area contributed by atoms with Gasteiger partial charge in [-0.3, -0.25) is 14.5 Å². The number of nitrogens with one attached hydrogen (secondary N) is 1. The van der Waals surface area contributed by atoms with E-state index in [4.69, 9.17) is 0 Å². The molecule has 0 aliphatic rings. The lowest BCUT2D eigenvalue weighted by atomic mass is 10.0. The van der Waals surface area contributed by atoms with Gasteiger partial charge in [0.05, 0.1) is 28.5 Å². The van der Waals surface area contributed by atoms with Crippen LogP contribution in [0.4, 0.5) is 5.69 Å². The second kappa shape index (κ2) is 5.79. The van der Waals surface area contributed by atoms with E-state index in [1.165, 1.54) is 0 Å². The normalized spacial score (nSPS) is 11.2. The van der Waals surface area contributed by atoms with Crippen LogP contribution in [0.3, 0.4) is 0 Å². The van der Waals surface area contributed by atoms with Gasteiger partial charge >= 0.3 is 0 Å². The second-order valence-electron chi connectivity index (χ2n) is 5.85. The molecular weight excluding hydrogens is 290 g/mol. The molecule has 0 radical (unpaired) electrons. The van der Waals surface area contributed by atoms with Gasteiger partial charge in [0, 0.05) is 18.9 Å². The molecule has 0 bridgehead atoms. The van der Waals surface area contributed by atoms with Gasteiger partial charge in [0.2, 0.25) is 0 Å². The number of hydrogen-bond acceptors (Lipinski definition) is 4. The maximum absolute atomic E-state index is 12.8. The van der Waals surface area contributed by atoms with Crippen molar-refractivity contribution in [2.24, 2.45) is 7.05 Å². The monoisotopic (exact) mass is 309 g/mol. The lowest BCUT2D eigenvalue weighted by Gasteiger charge is -2.10. The third kappa shape index (κ3) is 2.79. The van der Waals surface area contributed by atoms with Crippen molar-refractivity contribution in [3.8, 4) is 0 Å². The minimum atomic E-state index is -0.177. The van der Waals surface area contributed by atoms with E-state index in [0.29, 0.717) is 11.3 Å². The summed E-state index contributed by atoms with van der Waals surface area (Å²) in [6.45, 7) is 6.00. The van der Waals surface area contributed by atoms with E-state index in [1.807, 2.05) is 26.1 Å². The van der Waals surface area contributed by atoms with Crippen LogP contribution in [0.25, 0.3) is 11.0 Å². The molecule has 0 spiro atoms. The van der Waals surface area contributed by atoms with Crippen LogP contribution in [0.2, 0.25) is 0 Å². The van der Waals surface area contributed by atoms with E-state index in [1.54, 1.807) is 23.1 Å². The van der Waals surface area contributed by atoms with E-state index in [-0.39, 0.29) is 11.8 Å². The highest BCUT2D eigenvalue weighted by molar-refractivity contribution is 6.12. The number of anilines is 1. The number of pyridine rings is 2. The summed E-state index contributed by atoms with van der Waals surface area (Å²) in [5.41, 5.74) is 3.65. The molecule has 0 aliphatic heterocycles. The molecular formula is C17H19N5O. The molecule has 0 fully saturated rings. The van der Waals surface area contributed by atoms with Crippen LogP contribution < -0.4 is 5.32 Å². The molecule has 3 aromatic rings. The topological polar surface area (TPSA) is 72.7 Å². The average Bonchev–Trinajstić information content (AvgIpc) is 2.82. The van der Waals surface area contributed by atoms with Gasteiger partial charge in [-0.2, -0.15) is 5.10 Å². The number of carbonyl (C=O) groups is 1. The minimum absolute atomic E-state index is 0.177. The molecule has 1 N–H and O–H groups in total. The molecule has 0 saturated carbocycles. The third-order valence-electron chi connectivity index (χ3n) is 3.74. The Morgan fingerprint density at radius 1 is 1.35 bits per heavy atom. The first-order valence-electron chi connectivity index (χ1n) is 7.53. The fourth-order valence-electron chi connectivity index (χ4n) is 2.57. The van der Waals surface area contributed by atoms with Crippen LogP contribution >= 0.6 is 0 Å². The number of fused-ring (bicyclic) bond motifs is 1. The number of rotatable bonds is 3. The zero-order chi connectivity index (χ0) is 16.6. The first-order chi connectivity index (χ1) is 11.0. The van der Waals surface area contributed by atoms with Gasteiger partial charge in [-0.05, 0) is 31.0 Å². The molecule has 1 amide bonds. The summed E-state index contributed by atoms with van der Waals surface area (Å²) in [7, 11) is 1.84. The fraction of sp³-hybridized carbons (Fsp3) is 0.294. The Balaban J connectivity index is 2.13. The third-order valence-corrected chi connectivity index (χ3v) is 3.74. The maximum Gasteiger partial charge on any atom is 0.256 e. The molecule has 3 aromatic heterocycles. The fourth-order valence-corrected chi connectivity index (χ4v) is 2.57. The van der Waals surface area contributed by atoms with E-state index >= 15 is 0 Å². The molecule has 118 valence electrons. The van der Waals surface area contributed by atoms with Crippen molar-refractivity contribution in [1.29, 1.82) is 0 Å². The van der Waals surface area contributed by atoms with Gasteiger partial charge in [0.1, 0.15) is 0 Å². The van der Waals surface area contributed by atoms with Gasteiger partial charge in [0.25, 0.3) is 5.91 Å². The predicted octanol–water partition coefficient (Wildman–Crippen LogP) is 3.05. The molecule has 6 nitrogen and oxygen atoms in total. The molecule has 0 unspecified atom stereocenters. The SMILES string of the molecule is Cc1nn(C)c2nc(C(C)C)cc(C(=O)Nc3cccnc3)c12. The highest BCUT2D eigenvalue weighted by atomic mass is 16.1. The summed E-state index contributed by atoms with van der Waals surface area (Å²) in [5.74, 6) is 0.0444. The van der Waals surface area contributed by atoms with E-state index in [9.17, 15) is 4.79 Å². The van der Waals surface area contributed by atoms with Crippen LogP contribution in [0.1, 0.15) is 41.5 Å². The number of aromatic nitrogens is 4. The summed E-state index contributed by atoms with van der Waals surface area (Å²) in [4.78, 5) is 21.4. The predicted molar refractivity (Wildman–Crippen MR) is 89.5 cm³/mol. The van der Waals surface area contributed by atoms with Gasteiger partial charge in [-0.1, -0.05) is 13.8 Å². The highest BCUT2D eigenvalue weighted by Gasteiger charge is 2.19. The Kier molecular flexibility index (Phi) is 3.82. The average molecular weight is 309 g/mol. The first kappa shape index (κ1) is 15.1. The smallest absolute Gasteiger partial charge is 0.256 e. The molecule has 0 aliphatic carbocycles. The van der Waals surface area contributed by atoms with Crippen LogP contribution in [-0.4, -0.2) is 25.7 Å². The maximum atomic E-state index is 12.8. The van der Waals surface area contributed by atoms with Crippen molar-refractivity contribution >= 4 is 22.6 Å². The summed E-state index contributed by atoms with van der Waals surface area (Å²) < 4.78 is 1.72. The Morgan fingerprint density at radius 2 is 2.13 bits per heavy atom. The Labute approximate surface area is 134 Å². The summed E-state index contributed by atoms with van der Waals surface area (Å²) in [5, 5.41) is 8.08. The lowest BCUT2D eigenvalue weighted by Crippen LogP contribution is -2.14. The van der Waals surface area contributed by atoms with E-state index in [2.05, 4.69) is 34.2 Å². The Bertz CT molecular complexity index is 868. The van der Waals surface area contributed by atoms with E-state index < -0.39 is 0 Å². The van der Waals surface area contributed by atoms with Crippen LogP contribution in [0, 0.1) is 6.92 Å². The molecule has 0 atom stereocenters. The van der Waals surface area contributed by atoms with Crippen LogP contribution in [-0.2, 0) is 7.05 Å². The zero-order valence-corrected chi connectivity index (χ0v) is 13.7. The van der Waals surface area contributed by atoms with Crippen molar-refractivity contribution in [2.75, 3.05) is 5.32 Å². The minimum Gasteiger partial charge on any atom is -0.321 e. The summed E-state index contributed by atoms with van der Waals surface area (Å²) in [6.07, 6.45) is 3.29. The van der Waals surface area contributed by atoms with Crippen LogP contribution in [0.5, 0.6) is 0 Å². The van der Waals surface area contributed by atoms with Crippen molar-refractivity contribution in [1.82, 2.24) is 19.7 Å². The molecule has 23 heavy (non-hydrogen) atoms. The quantitative estimate of drug-likeness (QED) is 0.807. The van der Waals surface area contributed by atoms with Gasteiger partial charge in [-0.25, -0.2) is 4.98 Å². The van der Waals surface area contributed by atoms with Crippen molar-refractivity contribution < 1.29 is 4.79 Å². The lowest BCUT2D eigenvalue weighted by molar-refractivity contribution is 0.102. The molecule has 3 rings (SSSR count). The summed E-state index contributed by atoms with van der Waals surface area (Å²) >= 11 is 0. The zero-order valence-electron chi connectivity index (χ0n) is 13.7. The largest absolute Gasteiger partial charge is 0.321 e. The molecule has 0 saturated heterocycles. The number of hydrogen-bond donors (Lipinski definition) is 1. The molecule has 6 heteroatoms.